The number of nitrogens with zero attached hydrogens (tertiary/aromatic N) is 1. The quantitative estimate of drug-likeness (QED) is 0.720. The fourth-order valence-corrected chi connectivity index (χ4v) is 1.93. The molecule has 0 saturated carbocycles. The lowest BCUT2D eigenvalue weighted by molar-refractivity contribution is 0.0418. The Bertz CT molecular complexity index is 479. The zero-order chi connectivity index (χ0) is 12.6. The Labute approximate surface area is 98.3 Å². The van der Waals surface area contributed by atoms with Crippen molar-refractivity contribution in [2.45, 2.75) is 13.0 Å². The van der Waals surface area contributed by atoms with Gasteiger partial charge in [-0.3, -0.25) is 14.5 Å². The smallest absolute Gasteiger partial charge is 0.261 e. The minimum absolute atomic E-state index is 0.326. The van der Waals surface area contributed by atoms with E-state index in [4.69, 9.17) is 10.2 Å². The third-order valence-corrected chi connectivity index (χ3v) is 2.86. The van der Waals surface area contributed by atoms with E-state index in [9.17, 15) is 9.59 Å². The third kappa shape index (κ3) is 1.73. The van der Waals surface area contributed by atoms with E-state index in [1.165, 1.54) is 0 Å². The average Bonchev–Trinajstić information content (AvgIpc) is 2.56. The van der Waals surface area contributed by atoms with E-state index < -0.39 is 31.1 Å². The van der Waals surface area contributed by atoms with Gasteiger partial charge in [-0.1, -0.05) is 11.6 Å². The summed E-state index contributed by atoms with van der Waals surface area (Å²) < 4.78 is 0. The van der Waals surface area contributed by atoms with Crippen LogP contribution in [0.1, 0.15) is 26.3 Å². The van der Waals surface area contributed by atoms with Gasteiger partial charge in [0.05, 0.1) is 30.4 Å². The predicted molar refractivity (Wildman–Crippen MR) is 59.6 cm³/mol. The van der Waals surface area contributed by atoms with Crippen molar-refractivity contribution >= 4 is 11.8 Å². The van der Waals surface area contributed by atoms with Crippen molar-refractivity contribution in [3.05, 3.63) is 34.9 Å². The Kier molecular flexibility index (Phi) is 2.95. The molecule has 0 bridgehead atoms. The van der Waals surface area contributed by atoms with Crippen molar-refractivity contribution in [2.75, 3.05) is 13.2 Å². The summed E-state index contributed by atoms with van der Waals surface area (Å²) in [6.07, 6.45) is 0. The zero-order valence-corrected chi connectivity index (χ0v) is 9.38. The Morgan fingerprint density at radius 3 is 2.29 bits per heavy atom. The lowest BCUT2D eigenvalue weighted by atomic mass is 10.1. The summed E-state index contributed by atoms with van der Waals surface area (Å²) in [7, 11) is 0. The van der Waals surface area contributed by atoms with Crippen molar-refractivity contribution in [2.24, 2.45) is 0 Å². The second kappa shape index (κ2) is 4.27. The molecule has 1 aromatic rings. The number of hydrogen-bond donors (Lipinski definition) is 2. The van der Waals surface area contributed by atoms with Crippen molar-refractivity contribution < 1.29 is 19.8 Å². The first-order valence-electron chi connectivity index (χ1n) is 5.30. The van der Waals surface area contributed by atoms with Gasteiger partial charge in [-0.25, -0.2) is 0 Å². The third-order valence-electron chi connectivity index (χ3n) is 2.86. The van der Waals surface area contributed by atoms with Gasteiger partial charge in [0.1, 0.15) is 0 Å². The minimum atomic E-state index is -0.872. The maximum Gasteiger partial charge on any atom is 0.261 e. The molecule has 5 heteroatoms. The van der Waals surface area contributed by atoms with E-state index in [2.05, 4.69) is 0 Å². The van der Waals surface area contributed by atoms with E-state index in [0.717, 1.165) is 10.5 Å². The highest BCUT2D eigenvalue weighted by Crippen LogP contribution is 2.25. The van der Waals surface area contributed by atoms with E-state index in [-0.39, 0.29) is 0 Å². The minimum Gasteiger partial charge on any atom is -0.394 e. The summed E-state index contributed by atoms with van der Waals surface area (Å²) in [5, 5.41) is 18.1. The van der Waals surface area contributed by atoms with Crippen LogP contribution >= 0.6 is 0 Å². The number of aliphatic hydroxyl groups is 2. The van der Waals surface area contributed by atoms with Crippen LogP contribution in [0.4, 0.5) is 0 Å². The van der Waals surface area contributed by atoms with Crippen LogP contribution < -0.4 is 0 Å². The molecule has 0 aromatic heterocycles. The molecule has 17 heavy (non-hydrogen) atoms. The molecule has 0 unspecified atom stereocenters. The number of carbonyl (C=O) groups excluding carboxylic acids is 2. The number of amides is 2. The maximum atomic E-state index is 12.0. The highest BCUT2D eigenvalue weighted by molar-refractivity contribution is 6.21. The standard InChI is InChI=1S/C12H13NO4/c1-7-2-3-9-10(4-7)12(17)13(11(9)16)8(5-14)6-15/h2-4,8,14-15H,5-6H2,1H3. The fraction of sp³-hybridized carbons (Fsp3) is 0.333. The van der Waals surface area contributed by atoms with Crippen molar-refractivity contribution in [1.82, 2.24) is 4.90 Å². The molecule has 0 saturated heterocycles. The van der Waals surface area contributed by atoms with E-state index >= 15 is 0 Å². The molecule has 1 heterocycles. The molecule has 1 aliphatic rings. The molecule has 0 aliphatic carbocycles. The number of aliphatic hydroxyl groups excluding tert-OH is 2. The number of imide groups is 1. The number of benzene rings is 1. The molecule has 5 nitrogen and oxygen atoms in total. The van der Waals surface area contributed by atoms with Crippen LogP contribution in [0.2, 0.25) is 0 Å². The summed E-state index contributed by atoms with van der Waals surface area (Å²) in [5.74, 6) is -0.917. The molecule has 2 rings (SSSR count). The number of fused-ring (bicyclic) bond motifs is 1. The van der Waals surface area contributed by atoms with Crippen LogP contribution in [0.3, 0.4) is 0 Å². The number of aryl methyl sites for hydroxylation is 1. The molecular weight excluding hydrogens is 222 g/mol. The first-order chi connectivity index (χ1) is 8.10. The van der Waals surface area contributed by atoms with Gasteiger partial charge in [-0.05, 0) is 19.1 Å². The highest BCUT2D eigenvalue weighted by Gasteiger charge is 2.39. The van der Waals surface area contributed by atoms with Gasteiger partial charge >= 0.3 is 0 Å². The van der Waals surface area contributed by atoms with Crippen LogP contribution in [-0.4, -0.2) is 46.2 Å². The van der Waals surface area contributed by atoms with E-state index in [1.54, 1.807) is 18.2 Å². The van der Waals surface area contributed by atoms with Gasteiger partial charge in [0.25, 0.3) is 11.8 Å². The number of rotatable bonds is 3. The van der Waals surface area contributed by atoms with Crippen molar-refractivity contribution in [3.63, 3.8) is 0 Å². The van der Waals surface area contributed by atoms with Gasteiger partial charge < -0.3 is 10.2 Å². The molecule has 1 aliphatic heterocycles. The van der Waals surface area contributed by atoms with Gasteiger partial charge in [0.2, 0.25) is 0 Å². The normalized spacial score (nSPS) is 14.7. The van der Waals surface area contributed by atoms with Crippen LogP contribution in [0.15, 0.2) is 18.2 Å². The fourth-order valence-electron chi connectivity index (χ4n) is 1.93. The van der Waals surface area contributed by atoms with Crippen LogP contribution in [0, 0.1) is 6.92 Å². The monoisotopic (exact) mass is 235 g/mol. The SMILES string of the molecule is Cc1ccc2c(c1)C(=O)N(C(CO)CO)C2=O. The molecule has 2 amide bonds. The lowest BCUT2D eigenvalue weighted by Gasteiger charge is -2.21. The van der Waals surface area contributed by atoms with Crippen molar-refractivity contribution in [3.8, 4) is 0 Å². The number of carbonyl (C=O) groups is 2. The second-order valence-electron chi connectivity index (χ2n) is 4.05. The van der Waals surface area contributed by atoms with Gasteiger partial charge in [0, 0.05) is 0 Å². The molecule has 0 atom stereocenters. The second-order valence-corrected chi connectivity index (χ2v) is 4.05. The Balaban J connectivity index is 2.45. The van der Waals surface area contributed by atoms with Crippen molar-refractivity contribution in [1.29, 1.82) is 0 Å². The van der Waals surface area contributed by atoms with Gasteiger partial charge in [-0.15, -0.1) is 0 Å². The van der Waals surface area contributed by atoms with Crippen LogP contribution in [-0.2, 0) is 0 Å². The number of hydrogen-bond acceptors (Lipinski definition) is 4. The largest absolute Gasteiger partial charge is 0.394 e. The van der Waals surface area contributed by atoms with E-state index in [1.807, 2.05) is 6.92 Å². The lowest BCUT2D eigenvalue weighted by Crippen LogP contribution is -2.44. The first kappa shape index (κ1) is 11.8. The zero-order valence-electron chi connectivity index (χ0n) is 9.38. The van der Waals surface area contributed by atoms with E-state index in [0.29, 0.717) is 11.1 Å². The van der Waals surface area contributed by atoms with Gasteiger partial charge in [-0.2, -0.15) is 0 Å². The van der Waals surface area contributed by atoms with Gasteiger partial charge in [0.15, 0.2) is 0 Å². The molecule has 0 radical (unpaired) electrons. The maximum absolute atomic E-state index is 12.0. The molecular formula is C12H13NO4. The molecule has 1 aromatic carbocycles. The first-order valence-corrected chi connectivity index (χ1v) is 5.30. The summed E-state index contributed by atoms with van der Waals surface area (Å²) in [6, 6.07) is 4.11. The molecule has 0 fully saturated rings. The van der Waals surface area contributed by atoms with Crippen LogP contribution in [0.25, 0.3) is 0 Å². The molecule has 90 valence electrons. The average molecular weight is 235 g/mol. The molecule has 2 N–H and O–H groups in total. The predicted octanol–water partition coefficient (Wildman–Crippen LogP) is -0.0558. The summed E-state index contributed by atoms with van der Waals surface area (Å²) in [6.45, 7) is 0.943. The Hall–Kier alpha value is -1.72. The Morgan fingerprint density at radius 1 is 1.12 bits per heavy atom. The summed E-state index contributed by atoms with van der Waals surface area (Å²) >= 11 is 0. The van der Waals surface area contributed by atoms with Crippen LogP contribution in [0.5, 0.6) is 0 Å². The highest BCUT2D eigenvalue weighted by atomic mass is 16.3. The summed E-state index contributed by atoms with van der Waals surface area (Å²) in [4.78, 5) is 24.9. The summed E-state index contributed by atoms with van der Waals surface area (Å²) in [5.41, 5.74) is 1.55. The molecule has 0 spiro atoms. The topological polar surface area (TPSA) is 77.8 Å². The Morgan fingerprint density at radius 2 is 1.71 bits per heavy atom.